The second-order valence-electron chi connectivity index (χ2n) is 7.66. The molecule has 2 aromatic carbocycles. The number of hydrogen-bond donors (Lipinski definition) is 1. The minimum Gasteiger partial charge on any atom is -0.484 e. The van der Waals surface area contributed by atoms with E-state index in [0.717, 1.165) is 11.1 Å². The van der Waals surface area contributed by atoms with Crippen LogP contribution in [-0.4, -0.2) is 64.5 Å². The lowest BCUT2D eigenvalue weighted by Crippen LogP contribution is -2.49. The molecule has 166 valence electrons. The molecule has 4 rings (SSSR count). The van der Waals surface area contributed by atoms with Gasteiger partial charge in [-0.25, -0.2) is 0 Å². The molecule has 1 aliphatic heterocycles. The van der Waals surface area contributed by atoms with Gasteiger partial charge in [0.2, 0.25) is 17.6 Å². The quantitative estimate of drug-likeness (QED) is 0.602. The normalized spacial score (nSPS) is 14.3. The van der Waals surface area contributed by atoms with Crippen molar-refractivity contribution >= 4 is 11.8 Å². The Bertz CT molecular complexity index is 1090. The molecule has 2 N–H and O–H groups in total. The standard InChI is InChI=1S/C23H25N5O4/c1-16-4-2-3-5-19(16)23-25-20(32-26-23)14-27-10-12-28(13-11-27)21(29)15-31-18-8-6-17(7-9-18)22(24)30/h2-9H,10-15H2,1H3,(H2,24,30). The van der Waals surface area contributed by atoms with Crippen molar-refractivity contribution in [2.45, 2.75) is 13.5 Å². The summed E-state index contributed by atoms with van der Waals surface area (Å²) >= 11 is 0. The van der Waals surface area contributed by atoms with Gasteiger partial charge in [0.1, 0.15) is 5.75 Å². The molecule has 1 aromatic heterocycles. The van der Waals surface area contributed by atoms with Crippen molar-refractivity contribution in [3.8, 4) is 17.1 Å². The third-order valence-electron chi connectivity index (χ3n) is 5.44. The number of primary amides is 1. The first-order chi connectivity index (χ1) is 15.5. The molecule has 9 heteroatoms. The van der Waals surface area contributed by atoms with E-state index < -0.39 is 5.91 Å². The van der Waals surface area contributed by atoms with E-state index in [1.54, 1.807) is 29.2 Å². The monoisotopic (exact) mass is 435 g/mol. The number of carbonyl (C=O) groups is 2. The van der Waals surface area contributed by atoms with Gasteiger partial charge in [0, 0.05) is 37.3 Å². The molecule has 1 aliphatic rings. The van der Waals surface area contributed by atoms with E-state index in [4.69, 9.17) is 15.0 Å². The summed E-state index contributed by atoms with van der Waals surface area (Å²) in [6.07, 6.45) is 0. The fourth-order valence-electron chi connectivity index (χ4n) is 3.55. The van der Waals surface area contributed by atoms with Crippen LogP contribution >= 0.6 is 0 Å². The second kappa shape index (κ2) is 9.61. The van der Waals surface area contributed by atoms with Crippen molar-refractivity contribution in [3.05, 3.63) is 65.5 Å². The summed E-state index contributed by atoms with van der Waals surface area (Å²) in [6.45, 7) is 5.12. The third-order valence-corrected chi connectivity index (χ3v) is 5.44. The molecule has 0 radical (unpaired) electrons. The molecule has 32 heavy (non-hydrogen) atoms. The number of rotatable bonds is 7. The number of hydrogen-bond acceptors (Lipinski definition) is 7. The molecule has 0 spiro atoms. The number of nitrogens with two attached hydrogens (primary N) is 1. The summed E-state index contributed by atoms with van der Waals surface area (Å²) < 4.78 is 11.0. The van der Waals surface area contributed by atoms with E-state index in [0.29, 0.717) is 55.8 Å². The van der Waals surface area contributed by atoms with Crippen LogP contribution in [0.1, 0.15) is 21.8 Å². The van der Waals surface area contributed by atoms with Crippen LogP contribution in [0.25, 0.3) is 11.4 Å². The minimum atomic E-state index is -0.502. The number of benzene rings is 2. The molecule has 2 amide bonds. The highest BCUT2D eigenvalue weighted by atomic mass is 16.5. The van der Waals surface area contributed by atoms with Gasteiger partial charge in [0.25, 0.3) is 5.91 Å². The Labute approximate surface area is 185 Å². The molecule has 9 nitrogen and oxygen atoms in total. The number of nitrogens with zero attached hydrogens (tertiary/aromatic N) is 4. The molecular formula is C23H25N5O4. The van der Waals surface area contributed by atoms with E-state index in [9.17, 15) is 9.59 Å². The van der Waals surface area contributed by atoms with Crippen molar-refractivity contribution in [1.82, 2.24) is 19.9 Å². The summed E-state index contributed by atoms with van der Waals surface area (Å²) in [5, 5.41) is 4.10. The fraction of sp³-hybridized carbons (Fsp3) is 0.304. The average Bonchev–Trinajstić information content (AvgIpc) is 3.26. The molecule has 0 unspecified atom stereocenters. The highest BCUT2D eigenvalue weighted by molar-refractivity contribution is 5.92. The largest absolute Gasteiger partial charge is 0.484 e. The van der Waals surface area contributed by atoms with Gasteiger partial charge in [-0.3, -0.25) is 14.5 Å². The van der Waals surface area contributed by atoms with Crippen LogP contribution < -0.4 is 10.5 Å². The summed E-state index contributed by atoms with van der Waals surface area (Å²) in [6, 6.07) is 14.3. The maximum atomic E-state index is 12.5. The maximum absolute atomic E-state index is 12.5. The molecule has 0 bridgehead atoms. The van der Waals surface area contributed by atoms with Gasteiger partial charge in [-0.2, -0.15) is 4.98 Å². The Morgan fingerprint density at radius 2 is 1.78 bits per heavy atom. The zero-order valence-electron chi connectivity index (χ0n) is 17.9. The number of carbonyl (C=O) groups excluding carboxylic acids is 2. The second-order valence-corrected chi connectivity index (χ2v) is 7.66. The average molecular weight is 435 g/mol. The predicted octanol–water partition coefficient (Wildman–Crippen LogP) is 1.87. The van der Waals surface area contributed by atoms with E-state index in [-0.39, 0.29) is 12.5 Å². The van der Waals surface area contributed by atoms with Crippen LogP contribution in [0.5, 0.6) is 5.75 Å². The van der Waals surface area contributed by atoms with E-state index in [1.807, 2.05) is 31.2 Å². The molecule has 3 aromatic rings. The first-order valence-electron chi connectivity index (χ1n) is 10.4. The number of aromatic nitrogens is 2. The van der Waals surface area contributed by atoms with Crippen LogP contribution in [0, 0.1) is 6.92 Å². The van der Waals surface area contributed by atoms with Gasteiger partial charge in [-0.05, 0) is 36.8 Å². The summed E-state index contributed by atoms with van der Waals surface area (Å²) in [4.78, 5) is 32.1. The Hall–Kier alpha value is -3.72. The van der Waals surface area contributed by atoms with E-state index in [2.05, 4.69) is 15.0 Å². The fourth-order valence-corrected chi connectivity index (χ4v) is 3.55. The molecule has 0 atom stereocenters. The van der Waals surface area contributed by atoms with Crippen LogP contribution in [0.3, 0.4) is 0 Å². The minimum absolute atomic E-state index is 0.0562. The summed E-state index contributed by atoms with van der Waals surface area (Å²) in [5.74, 6) is 1.09. The molecule has 2 heterocycles. The summed E-state index contributed by atoms with van der Waals surface area (Å²) in [5.41, 5.74) is 7.67. The van der Waals surface area contributed by atoms with Gasteiger partial charge in [0.05, 0.1) is 6.54 Å². The molecule has 1 saturated heterocycles. The Kier molecular flexibility index (Phi) is 6.46. The van der Waals surface area contributed by atoms with Crippen LogP contribution in [0.15, 0.2) is 53.1 Å². The zero-order chi connectivity index (χ0) is 22.5. The topological polar surface area (TPSA) is 115 Å². The van der Waals surface area contributed by atoms with Crippen LogP contribution in [-0.2, 0) is 11.3 Å². The van der Waals surface area contributed by atoms with Gasteiger partial charge in [0.15, 0.2) is 6.61 Å². The Morgan fingerprint density at radius 3 is 2.47 bits per heavy atom. The molecule has 0 aliphatic carbocycles. The first kappa shape index (κ1) is 21.5. The zero-order valence-corrected chi connectivity index (χ0v) is 17.9. The van der Waals surface area contributed by atoms with Crippen LogP contribution in [0.2, 0.25) is 0 Å². The number of aryl methyl sites for hydroxylation is 1. The maximum Gasteiger partial charge on any atom is 0.260 e. The predicted molar refractivity (Wildman–Crippen MR) is 117 cm³/mol. The van der Waals surface area contributed by atoms with E-state index >= 15 is 0 Å². The lowest BCUT2D eigenvalue weighted by Gasteiger charge is -2.33. The van der Waals surface area contributed by atoms with Crippen molar-refractivity contribution in [1.29, 1.82) is 0 Å². The van der Waals surface area contributed by atoms with Gasteiger partial charge >= 0.3 is 0 Å². The lowest BCUT2D eigenvalue weighted by atomic mass is 10.1. The SMILES string of the molecule is Cc1ccccc1-c1noc(CN2CCN(C(=O)COc3ccc(C(N)=O)cc3)CC2)n1. The highest BCUT2D eigenvalue weighted by Crippen LogP contribution is 2.20. The Balaban J connectivity index is 1.24. The summed E-state index contributed by atoms with van der Waals surface area (Å²) in [7, 11) is 0. The Morgan fingerprint density at radius 1 is 1.06 bits per heavy atom. The number of amides is 2. The molecular weight excluding hydrogens is 410 g/mol. The van der Waals surface area contributed by atoms with Gasteiger partial charge < -0.3 is 19.9 Å². The van der Waals surface area contributed by atoms with Crippen molar-refractivity contribution in [3.63, 3.8) is 0 Å². The number of piperazine rings is 1. The molecule has 0 saturated carbocycles. The molecule has 1 fully saturated rings. The lowest BCUT2D eigenvalue weighted by molar-refractivity contribution is -0.135. The smallest absolute Gasteiger partial charge is 0.260 e. The third kappa shape index (κ3) is 5.12. The van der Waals surface area contributed by atoms with Gasteiger partial charge in [-0.15, -0.1) is 0 Å². The first-order valence-corrected chi connectivity index (χ1v) is 10.4. The van der Waals surface area contributed by atoms with Crippen LogP contribution in [0.4, 0.5) is 0 Å². The van der Waals surface area contributed by atoms with Crippen molar-refractivity contribution in [2.24, 2.45) is 5.73 Å². The number of ether oxygens (including phenoxy) is 1. The van der Waals surface area contributed by atoms with Crippen molar-refractivity contribution in [2.75, 3.05) is 32.8 Å². The van der Waals surface area contributed by atoms with Gasteiger partial charge in [-0.1, -0.05) is 29.4 Å². The highest BCUT2D eigenvalue weighted by Gasteiger charge is 2.23. The van der Waals surface area contributed by atoms with Crippen molar-refractivity contribution < 1.29 is 18.8 Å². The van der Waals surface area contributed by atoms with E-state index in [1.165, 1.54) is 0 Å².